The van der Waals surface area contributed by atoms with Gasteiger partial charge in [0.05, 0.1) is 17.0 Å². The number of amides is 1. The summed E-state index contributed by atoms with van der Waals surface area (Å²) >= 11 is 0. The number of nitrogens with zero attached hydrogens (tertiary/aromatic N) is 2. The first kappa shape index (κ1) is 19.7. The predicted octanol–water partition coefficient (Wildman–Crippen LogP) is 4.24. The molecular weight excluding hydrogens is 386 g/mol. The van der Waals surface area contributed by atoms with E-state index in [-0.39, 0.29) is 11.8 Å². The number of carbonyl (C=O) groups excluding carboxylic acids is 1. The van der Waals surface area contributed by atoms with Crippen molar-refractivity contribution in [1.82, 2.24) is 20.3 Å². The molecule has 6 nitrogen and oxygen atoms in total. The quantitative estimate of drug-likeness (QED) is 0.456. The summed E-state index contributed by atoms with van der Waals surface area (Å²) in [5.41, 5.74) is 6.89. The second-order valence-corrected chi connectivity index (χ2v) is 8.77. The molecule has 2 aromatic carbocycles. The second kappa shape index (κ2) is 8.10. The summed E-state index contributed by atoms with van der Waals surface area (Å²) in [5.74, 6) is 1.01. The summed E-state index contributed by atoms with van der Waals surface area (Å²) < 4.78 is 0. The van der Waals surface area contributed by atoms with Crippen molar-refractivity contribution < 1.29 is 4.79 Å². The van der Waals surface area contributed by atoms with E-state index in [1.54, 1.807) is 0 Å². The average Bonchev–Trinajstić information content (AvgIpc) is 3.37. The number of aryl methyl sites for hydroxylation is 2. The van der Waals surface area contributed by atoms with Crippen molar-refractivity contribution >= 4 is 33.8 Å². The van der Waals surface area contributed by atoms with Crippen LogP contribution in [0.2, 0.25) is 0 Å². The molecule has 1 fully saturated rings. The molecule has 4 aromatic rings. The van der Waals surface area contributed by atoms with Gasteiger partial charge < -0.3 is 20.2 Å². The number of rotatable bonds is 5. The minimum atomic E-state index is -0.00564. The summed E-state index contributed by atoms with van der Waals surface area (Å²) in [4.78, 5) is 26.6. The van der Waals surface area contributed by atoms with Crippen LogP contribution in [0.25, 0.3) is 21.9 Å². The molecule has 6 heteroatoms. The Labute approximate surface area is 182 Å². The molecule has 0 aliphatic carbocycles. The lowest BCUT2D eigenvalue weighted by atomic mass is 9.97. The van der Waals surface area contributed by atoms with E-state index in [0.29, 0.717) is 13.1 Å². The van der Waals surface area contributed by atoms with Crippen LogP contribution in [0.1, 0.15) is 29.5 Å². The fourth-order valence-electron chi connectivity index (χ4n) is 4.61. The van der Waals surface area contributed by atoms with E-state index in [4.69, 9.17) is 4.98 Å². The van der Waals surface area contributed by atoms with Gasteiger partial charge in [-0.05, 0) is 68.5 Å². The fourth-order valence-corrected chi connectivity index (χ4v) is 4.61. The van der Waals surface area contributed by atoms with Gasteiger partial charge in [0, 0.05) is 36.7 Å². The molecule has 3 N–H and O–H groups in total. The standard InChI is InChI=1S/C25H29N5O/c1-16-5-7-21-20(12-16)18(14-27-21)9-10-26-24(31)19-4-3-11-30(15-19)25-28-22-8-6-17(2)13-23(22)29-25/h5-8,12-14,19,27H,3-4,9-11,15H2,1-2H3,(H,26,31)(H,28,29)/t19-/m0/s1. The van der Waals surface area contributed by atoms with Crippen LogP contribution in [0.15, 0.2) is 42.6 Å². The average molecular weight is 416 g/mol. The van der Waals surface area contributed by atoms with E-state index in [1.807, 2.05) is 6.07 Å². The minimum Gasteiger partial charge on any atom is -0.361 e. The van der Waals surface area contributed by atoms with E-state index >= 15 is 0 Å². The number of carbonyl (C=O) groups is 1. The number of hydrogen-bond acceptors (Lipinski definition) is 3. The second-order valence-electron chi connectivity index (χ2n) is 8.77. The van der Waals surface area contributed by atoms with Crippen molar-refractivity contribution in [2.75, 3.05) is 24.5 Å². The molecular formula is C25H29N5O. The number of anilines is 1. The fraction of sp³-hybridized carbons (Fsp3) is 0.360. The maximum Gasteiger partial charge on any atom is 0.224 e. The minimum absolute atomic E-state index is 0.00564. The van der Waals surface area contributed by atoms with Gasteiger partial charge in [-0.2, -0.15) is 0 Å². The van der Waals surface area contributed by atoms with Crippen molar-refractivity contribution in [3.05, 3.63) is 59.3 Å². The molecule has 0 spiro atoms. The Kier molecular flexibility index (Phi) is 5.14. The zero-order valence-corrected chi connectivity index (χ0v) is 18.2. The summed E-state index contributed by atoms with van der Waals surface area (Å²) in [5, 5.41) is 4.41. The van der Waals surface area contributed by atoms with Crippen LogP contribution < -0.4 is 10.2 Å². The zero-order valence-electron chi connectivity index (χ0n) is 18.2. The molecule has 0 radical (unpaired) electrons. The van der Waals surface area contributed by atoms with Crippen LogP contribution in [-0.4, -0.2) is 40.5 Å². The van der Waals surface area contributed by atoms with Gasteiger partial charge >= 0.3 is 0 Å². The third-order valence-electron chi connectivity index (χ3n) is 6.33. The number of benzene rings is 2. The van der Waals surface area contributed by atoms with E-state index in [2.05, 4.69) is 70.6 Å². The lowest BCUT2D eigenvalue weighted by Crippen LogP contribution is -2.43. The third-order valence-corrected chi connectivity index (χ3v) is 6.33. The van der Waals surface area contributed by atoms with E-state index in [0.717, 1.165) is 48.3 Å². The lowest BCUT2D eigenvalue weighted by molar-refractivity contribution is -0.125. The number of nitrogens with one attached hydrogen (secondary N) is 3. The smallest absolute Gasteiger partial charge is 0.224 e. The Morgan fingerprint density at radius 2 is 2.00 bits per heavy atom. The third kappa shape index (κ3) is 4.02. The normalized spacial score (nSPS) is 16.8. The molecule has 160 valence electrons. The maximum atomic E-state index is 12.9. The SMILES string of the molecule is Cc1ccc2nc(N3CCC[C@H](C(=O)NCCc4c[nH]c5ccc(C)cc45)C3)[nH]c2c1. The number of hydrogen-bond donors (Lipinski definition) is 3. The van der Waals surface area contributed by atoms with Gasteiger partial charge in [-0.15, -0.1) is 0 Å². The van der Waals surface area contributed by atoms with Crippen LogP contribution in [0.3, 0.4) is 0 Å². The number of H-pyrrole nitrogens is 2. The molecule has 1 saturated heterocycles. The van der Waals surface area contributed by atoms with Crippen LogP contribution in [0.5, 0.6) is 0 Å². The van der Waals surface area contributed by atoms with E-state index < -0.39 is 0 Å². The Morgan fingerprint density at radius 3 is 2.90 bits per heavy atom. The van der Waals surface area contributed by atoms with Crippen molar-refractivity contribution in [2.45, 2.75) is 33.1 Å². The molecule has 3 heterocycles. The molecule has 0 unspecified atom stereocenters. The van der Waals surface area contributed by atoms with Crippen molar-refractivity contribution in [2.24, 2.45) is 5.92 Å². The Balaban J connectivity index is 1.20. The topological polar surface area (TPSA) is 76.8 Å². The van der Waals surface area contributed by atoms with Gasteiger partial charge in [-0.3, -0.25) is 4.79 Å². The highest BCUT2D eigenvalue weighted by Gasteiger charge is 2.27. The van der Waals surface area contributed by atoms with Crippen LogP contribution >= 0.6 is 0 Å². The molecule has 1 amide bonds. The summed E-state index contributed by atoms with van der Waals surface area (Å²) in [6, 6.07) is 12.7. The molecule has 0 saturated carbocycles. The number of aromatic amines is 2. The summed E-state index contributed by atoms with van der Waals surface area (Å²) in [7, 11) is 0. The molecule has 0 bridgehead atoms. The van der Waals surface area contributed by atoms with Gasteiger partial charge in [0.25, 0.3) is 0 Å². The first-order chi connectivity index (χ1) is 15.1. The Bertz CT molecular complexity index is 1240. The van der Waals surface area contributed by atoms with Gasteiger partial charge in [-0.25, -0.2) is 4.98 Å². The van der Waals surface area contributed by atoms with Crippen molar-refractivity contribution in [3.8, 4) is 0 Å². The first-order valence-electron chi connectivity index (χ1n) is 11.1. The molecule has 1 atom stereocenters. The van der Waals surface area contributed by atoms with Crippen molar-refractivity contribution in [1.29, 1.82) is 0 Å². The van der Waals surface area contributed by atoms with Gasteiger partial charge in [-0.1, -0.05) is 17.7 Å². The summed E-state index contributed by atoms with van der Waals surface area (Å²) in [6.45, 7) is 6.48. The zero-order chi connectivity index (χ0) is 21.4. The predicted molar refractivity (Wildman–Crippen MR) is 126 cm³/mol. The molecule has 1 aliphatic heterocycles. The van der Waals surface area contributed by atoms with Crippen LogP contribution in [0.4, 0.5) is 5.95 Å². The molecule has 31 heavy (non-hydrogen) atoms. The van der Waals surface area contributed by atoms with Crippen molar-refractivity contribution in [3.63, 3.8) is 0 Å². The number of fused-ring (bicyclic) bond motifs is 2. The highest BCUT2D eigenvalue weighted by Crippen LogP contribution is 2.24. The van der Waals surface area contributed by atoms with Gasteiger partial charge in [0.1, 0.15) is 0 Å². The van der Waals surface area contributed by atoms with Gasteiger partial charge in [0.2, 0.25) is 11.9 Å². The highest BCUT2D eigenvalue weighted by molar-refractivity contribution is 5.84. The number of aromatic nitrogens is 3. The number of imidazole rings is 1. The van der Waals surface area contributed by atoms with Crippen LogP contribution in [-0.2, 0) is 11.2 Å². The monoisotopic (exact) mass is 415 g/mol. The summed E-state index contributed by atoms with van der Waals surface area (Å²) in [6.07, 6.45) is 4.81. The maximum absolute atomic E-state index is 12.9. The van der Waals surface area contributed by atoms with E-state index in [1.165, 1.54) is 22.1 Å². The van der Waals surface area contributed by atoms with Crippen LogP contribution in [0, 0.1) is 19.8 Å². The molecule has 5 rings (SSSR count). The largest absolute Gasteiger partial charge is 0.361 e. The lowest BCUT2D eigenvalue weighted by Gasteiger charge is -2.31. The Morgan fingerprint density at radius 1 is 1.16 bits per heavy atom. The highest BCUT2D eigenvalue weighted by atomic mass is 16.1. The van der Waals surface area contributed by atoms with Gasteiger partial charge in [0.15, 0.2) is 0 Å². The first-order valence-corrected chi connectivity index (χ1v) is 11.1. The van der Waals surface area contributed by atoms with E-state index in [9.17, 15) is 4.79 Å². The molecule has 1 aliphatic rings. The Hall–Kier alpha value is -3.28. The number of piperidine rings is 1. The molecule has 2 aromatic heterocycles.